The normalized spacial score (nSPS) is 16.3. The van der Waals surface area contributed by atoms with E-state index in [4.69, 9.17) is 4.74 Å². The molecule has 1 unspecified atom stereocenters. The minimum atomic E-state index is -0.251. The molecule has 7 nitrogen and oxygen atoms in total. The van der Waals surface area contributed by atoms with Gasteiger partial charge < -0.3 is 19.9 Å². The molecule has 4 rings (SSSR count). The van der Waals surface area contributed by atoms with Crippen LogP contribution >= 0.6 is 11.5 Å². The fourth-order valence-electron chi connectivity index (χ4n) is 3.53. The molecule has 31 heavy (non-hydrogen) atoms. The van der Waals surface area contributed by atoms with Gasteiger partial charge in [0.05, 0.1) is 7.11 Å². The molecule has 3 aromatic rings. The minimum absolute atomic E-state index is 0.0245. The molecule has 2 heterocycles. The fraction of sp³-hybridized carbons (Fsp3) is 0.318. The molecule has 162 valence electrons. The van der Waals surface area contributed by atoms with E-state index in [1.165, 1.54) is 23.7 Å². The van der Waals surface area contributed by atoms with Crippen molar-refractivity contribution in [2.45, 2.75) is 19.4 Å². The number of anilines is 2. The number of nitrogens with zero attached hydrogens (tertiary/aromatic N) is 4. The zero-order valence-electron chi connectivity index (χ0n) is 17.4. The minimum Gasteiger partial charge on any atom is -0.497 e. The predicted molar refractivity (Wildman–Crippen MR) is 120 cm³/mol. The summed E-state index contributed by atoms with van der Waals surface area (Å²) in [5.74, 6) is 1.22. The summed E-state index contributed by atoms with van der Waals surface area (Å²) in [6, 6.07) is 13.6. The maximum absolute atomic E-state index is 13.1. The first kappa shape index (κ1) is 21.0. The Morgan fingerprint density at radius 3 is 2.61 bits per heavy atom. The molecule has 1 aromatic heterocycles. The molecule has 1 N–H and O–H groups in total. The average molecular weight is 442 g/mol. The quantitative estimate of drug-likeness (QED) is 0.648. The molecule has 1 aliphatic heterocycles. The number of aromatic nitrogens is 2. The smallest absolute Gasteiger partial charge is 0.322 e. The van der Waals surface area contributed by atoms with E-state index < -0.39 is 0 Å². The number of piperazine rings is 1. The third-order valence-corrected chi connectivity index (χ3v) is 6.05. The van der Waals surface area contributed by atoms with Crippen LogP contribution in [0.1, 0.15) is 18.3 Å². The van der Waals surface area contributed by atoms with Gasteiger partial charge in [0.25, 0.3) is 0 Å². The summed E-state index contributed by atoms with van der Waals surface area (Å²) < 4.78 is 22.7. The molecular formula is C22H24FN5O2S. The van der Waals surface area contributed by atoms with E-state index in [0.717, 1.165) is 28.0 Å². The Balaban J connectivity index is 1.33. The van der Waals surface area contributed by atoms with Crippen molar-refractivity contribution in [1.29, 1.82) is 0 Å². The largest absolute Gasteiger partial charge is 0.497 e. The van der Waals surface area contributed by atoms with Gasteiger partial charge in [0.15, 0.2) is 0 Å². The number of urea groups is 1. The number of hydrogen-bond acceptors (Lipinski definition) is 6. The molecule has 1 atom stereocenters. The van der Waals surface area contributed by atoms with Crippen LogP contribution in [0.25, 0.3) is 0 Å². The molecule has 2 aromatic carbocycles. The van der Waals surface area contributed by atoms with Crippen molar-refractivity contribution in [3.05, 3.63) is 65.7 Å². The molecule has 9 heteroatoms. The van der Waals surface area contributed by atoms with E-state index >= 15 is 0 Å². The molecule has 1 fully saturated rings. The summed E-state index contributed by atoms with van der Waals surface area (Å²) >= 11 is 1.36. The summed E-state index contributed by atoms with van der Waals surface area (Å²) in [6.07, 6.45) is 0.566. The lowest BCUT2D eigenvalue weighted by Crippen LogP contribution is -2.55. The highest BCUT2D eigenvalue weighted by atomic mass is 32.1. The molecule has 0 radical (unpaired) electrons. The molecule has 2 amide bonds. The Morgan fingerprint density at radius 1 is 1.19 bits per heavy atom. The van der Waals surface area contributed by atoms with Gasteiger partial charge in [0.1, 0.15) is 17.4 Å². The molecular weight excluding hydrogens is 417 g/mol. The van der Waals surface area contributed by atoms with Crippen LogP contribution in [0, 0.1) is 5.82 Å². The highest BCUT2D eigenvalue weighted by molar-refractivity contribution is 7.09. The number of ether oxygens (including phenoxy) is 1. The van der Waals surface area contributed by atoms with Crippen molar-refractivity contribution in [3.63, 3.8) is 0 Å². The van der Waals surface area contributed by atoms with Crippen molar-refractivity contribution < 1.29 is 13.9 Å². The second kappa shape index (κ2) is 9.30. The van der Waals surface area contributed by atoms with Gasteiger partial charge in [-0.25, -0.2) is 14.2 Å². The molecule has 0 bridgehead atoms. The third kappa shape index (κ3) is 5.11. The number of carbonyl (C=O) groups excluding carboxylic acids is 1. The third-order valence-electron chi connectivity index (χ3n) is 5.23. The number of benzene rings is 2. The van der Waals surface area contributed by atoms with Crippen LogP contribution in [0.4, 0.5) is 20.0 Å². The number of halogens is 1. The maximum Gasteiger partial charge on any atom is 0.322 e. The summed E-state index contributed by atoms with van der Waals surface area (Å²) in [6.45, 7) is 3.99. The van der Waals surface area contributed by atoms with Crippen LogP contribution in [0.5, 0.6) is 5.75 Å². The molecule has 1 saturated heterocycles. The van der Waals surface area contributed by atoms with Crippen LogP contribution in [0.3, 0.4) is 0 Å². The molecule has 0 saturated carbocycles. The second-order valence-corrected chi connectivity index (χ2v) is 8.17. The molecule has 1 aliphatic rings. The van der Waals surface area contributed by atoms with Crippen molar-refractivity contribution in [2.75, 3.05) is 37.0 Å². The molecule has 0 aliphatic carbocycles. The summed E-state index contributed by atoms with van der Waals surface area (Å²) in [7, 11) is 1.61. The van der Waals surface area contributed by atoms with Crippen molar-refractivity contribution in [1.82, 2.24) is 14.3 Å². The Hall–Kier alpha value is -3.20. The van der Waals surface area contributed by atoms with Gasteiger partial charge in [-0.2, -0.15) is 4.37 Å². The van der Waals surface area contributed by atoms with Crippen LogP contribution in [0.15, 0.2) is 48.5 Å². The van der Waals surface area contributed by atoms with Gasteiger partial charge in [-0.3, -0.25) is 0 Å². The Kier molecular flexibility index (Phi) is 6.31. The number of amides is 2. The first-order valence-electron chi connectivity index (χ1n) is 10.1. The van der Waals surface area contributed by atoms with Crippen molar-refractivity contribution in [3.8, 4) is 5.75 Å². The van der Waals surface area contributed by atoms with E-state index in [1.807, 2.05) is 36.1 Å². The van der Waals surface area contributed by atoms with E-state index in [0.29, 0.717) is 26.1 Å². The number of rotatable bonds is 5. The standard InChI is InChI=1S/C22H24FN5O2S/c1-15-14-27(22-25-20(26-31-22)13-16-3-5-17(23)6-4-16)11-12-28(15)21(29)24-18-7-9-19(30-2)10-8-18/h3-10,15H,11-14H2,1-2H3,(H,24,29). The van der Waals surface area contributed by atoms with Crippen molar-refractivity contribution >= 4 is 28.4 Å². The van der Waals surface area contributed by atoms with Crippen LogP contribution in [0.2, 0.25) is 0 Å². The van der Waals surface area contributed by atoms with Crippen molar-refractivity contribution in [2.24, 2.45) is 0 Å². The molecule has 0 spiro atoms. The highest BCUT2D eigenvalue weighted by Crippen LogP contribution is 2.23. The predicted octanol–water partition coefficient (Wildman–Crippen LogP) is 4.02. The number of nitrogens with one attached hydrogen (secondary N) is 1. The Bertz CT molecular complexity index is 1030. The summed E-state index contributed by atoms with van der Waals surface area (Å²) in [4.78, 5) is 21.4. The lowest BCUT2D eigenvalue weighted by atomic mass is 10.1. The van der Waals surface area contributed by atoms with Gasteiger partial charge in [-0.05, 0) is 48.9 Å². The zero-order valence-corrected chi connectivity index (χ0v) is 18.2. The van der Waals surface area contributed by atoms with E-state index in [2.05, 4.69) is 19.6 Å². The van der Waals surface area contributed by atoms with E-state index in [9.17, 15) is 9.18 Å². The SMILES string of the molecule is COc1ccc(NC(=O)N2CCN(c3nc(Cc4ccc(F)cc4)ns3)CC2C)cc1. The van der Waals surface area contributed by atoms with Gasteiger partial charge in [0, 0.05) is 49.3 Å². The maximum atomic E-state index is 13.1. The summed E-state index contributed by atoms with van der Waals surface area (Å²) in [5, 5.41) is 3.79. The fourth-order valence-corrected chi connectivity index (χ4v) is 4.25. The van der Waals surface area contributed by atoms with E-state index in [-0.39, 0.29) is 17.9 Å². The van der Waals surface area contributed by atoms with E-state index in [1.54, 1.807) is 19.2 Å². The van der Waals surface area contributed by atoms with Gasteiger partial charge in [-0.1, -0.05) is 12.1 Å². The lowest BCUT2D eigenvalue weighted by Gasteiger charge is -2.39. The number of methoxy groups -OCH3 is 1. The number of hydrogen-bond donors (Lipinski definition) is 1. The zero-order chi connectivity index (χ0) is 21.8. The number of carbonyl (C=O) groups is 1. The monoisotopic (exact) mass is 441 g/mol. The van der Waals surface area contributed by atoms with Gasteiger partial charge >= 0.3 is 6.03 Å². The second-order valence-electron chi connectivity index (χ2n) is 7.44. The Labute approximate surface area is 184 Å². The first-order chi connectivity index (χ1) is 15.0. The highest BCUT2D eigenvalue weighted by Gasteiger charge is 2.29. The lowest BCUT2D eigenvalue weighted by molar-refractivity contribution is 0.185. The average Bonchev–Trinajstić information content (AvgIpc) is 3.24. The van der Waals surface area contributed by atoms with Crippen LogP contribution < -0.4 is 15.0 Å². The van der Waals surface area contributed by atoms with Crippen LogP contribution in [-0.2, 0) is 6.42 Å². The summed E-state index contributed by atoms with van der Waals surface area (Å²) in [5.41, 5.74) is 1.70. The Morgan fingerprint density at radius 2 is 1.94 bits per heavy atom. The van der Waals surface area contributed by atoms with Gasteiger partial charge in [0.2, 0.25) is 5.13 Å². The first-order valence-corrected chi connectivity index (χ1v) is 10.8. The van der Waals surface area contributed by atoms with Crippen LogP contribution in [-0.4, -0.2) is 53.1 Å². The topological polar surface area (TPSA) is 70.6 Å². The van der Waals surface area contributed by atoms with Gasteiger partial charge in [-0.15, -0.1) is 0 Å².